The predicted molar refractivity (Wildman–Crippen MR) is 68.8 cm³/mol. The number of amides is 2. The minimum Gasteiger partial charge on any atom is -0.399 e. The van der Waals surface area contributed by atoms with Crippen molar-refractivity contribution in [2.45, 2.75) is 19.4 Å². The number of rotatable bonds is 3. The van der Waals surface area contributed by atoms with Crippen molar-refractivity contribution in [3.63, 3.8) is 0 Å². The smallest absolute Gasteiger partial charge is 0.321 e. The molecule has 0 aliphatic heterocycles. The van der Waals surface area contributed by atoms with Gasteiger partial charge in [0.2, 0.25) is 0 Å². The molecular weight excluding hydrogens is 218 g/mol. The fourth-order valence-corrected chi connectivity index (χ4v) is 1.44. The number of anilines is 2. The lowest BCUT2D eigenvalue weighted by atomic mass is 10.1. The van der Waals surface area contributed by atoms with E-state index in [1.54, 1.807) is 45.2 Å². The molecule has 5 heteroatoms. The van der Waals surface area contributed by atoms with E-state index in [0.29, 0.717) is 11.4 Å². The third-order valence-electron chi connectivity index (χ3n) is 2.13. The first-order valence-electron chi connectivity index (χ1n) is 5.38. The van der Waals surface area contributed by atoms with E-state index in [4.69, 9.17) is 5.73 Å². The van der Waals surface area contributed by atoms with Crippen LogP contribution >= 0.6 is 0 Å². The Morgan fingerprint density at radius 1 is 1.41 bits per heavy atom. The van der Waals surface area contributed by atoms with Gasteiger partial charge in [-0.25, -0.2) is 4.79 Å². The van der Waals surface area contributed by atoms with Gasteiger partial charge in [0.25, 0.3) is 0 Å². The summed E-state index contributed by atoms with van der Waals surface area (Å²) in [7, 11) is 1.63. The summed E-state index contributed by atoms with van der Waals surface area (Å²) >= 11 is 0. The molecule has 0 radical (unpaired) electrons. The van der Waals surface area contributed by atoms with E-state index < -0.39 is 5.60 Å². The fourth-order valence-electron chi connectivity index (χ4n) is 1.44. The zero-order valence-corrected chi connectivity index (χ0v) is 10.4. The molecule has 0 aliphatic rings. The van der Waals surface area contributed by atoms with Gasteiger partial charge in [-0.1, -0.05) is 0 Å². The quantitative estimate of drug-likeness (QED) is 0.697. The second-order valence-corrected chi connectivity index (χ2v) is 4.72. The number of nitrogens with two attached hydrogens (primary N) is 1. The Bertz CT molecular complexity index is 382. The highest BCUT2D eigenvalue weighted by Gasteiger charge is 2.19. The summed E-state index contributed by atoms with van der Waals surface area (Å²) in [6, 6.07) is 6.62. The zero-order valence-electron chi connectivity index (χ0n) is 10.4. The highest BCUT2D eigenvalue weighted by molar-refractivity contribution is 5.89. The van der Waals surface area contributed by atoms with Gasteiger partial charge in [-0.3, -0.25) is 0 Å². The lowest BCUT2D eigenvalue weighted by molar-refractivity contribution is 0.0550. The van der Waals surface area contributed by atoms with Crippen molar-refractivity contribution in [2.24, 2.45) is 0 Å². The molecule has 17 heavy (non-hydrogen) atoms. The summed E-state index contributed by atoms with van der Waals surface area (Å²) < 4.78 is 0. The first-order chi connectivity index (χ1) is 7.78. The molecular formula is C12H19N3O2. The standard InChI is InChI=1S/C12H19N3O2/c1-12(2,17)8-15(3)11(16)14-10-6-4-9(13)5-7-10/h4-7,17H,8,13H2,1-3H3,(H,14,16). The third kappa shape index (κ3) is 4.74. The van der Waals surface area contributed by atoms with Gasteiger partial charge in [0.1, 0.15) is 0 Å². The maximum Gasteiger partial charge on any atom is 0.321 e. The number of urea groups is 1. The molecule has 1 rings (SSSR count). The van der Waals surface area contributed by atoms with Gasteiger partial charge in [-0.05, 0) is 38.1 Å². The van der Waals surface area contributed by atoms with E-state index in [1.165, 1.54) is 4.90 Å². The van der Waals surface area contributed by atoms with Gasteiger partial charge in [-0.2, -0.15) is 0 Å². The Kier molecular flexibility index (Phi) is 3.96. The summed E-state index contributed by atoms with van der Waals surface area (Å²) in [4.78, 5) is 13.2. The molecule has 1 aromatic carbocycles. The largest absolute Gasteiger partial charge is 0.399 e. The summed E-state index contributed by atoms with van der Waals surface area (Å²) in [5, 5.41) is 12.3. The van der Waals surface area contributed by atoms with Crippen LogP contribution in [0.15, 0.2) is 24.3 Å². The Morgan fingerprint density at radius 3 is 2.41 bits per heavy atom. The van der Waals surface area contributed by atoms with Crippen LogP contribution in [-0.4, -0.2) is 35.2 Å². The Morgan fingerprint density at radius 2 is 1.94 bits per heavy atom. The normalized spacial score (nSPS) is 11.1. The maximum absolute atomic E-state index is 11.7. The highest BCUT2D eigenvalue weighted by Crippen LogP contribution is 2.11. The molecule has 0 heterocycles. The molecule has 2 amide bonds. The SMILES string of the molecule is CN(CC(C)(C)O)C(=O)Nc1ccc(N)cc1. The van der Waals surface area contributed by atoms with E-state index in [-0.39, 0.29) is 12.6 Å². The number of aliphatic hydroxyl groups is 1. The minimum absolute atomic E-state index is 0.258. The van der Waals surface area contributed by atoms with Crippen molar-refractivity contribution in [1.82, 2.24) is 4.90 Å². The maximum atomic E-state index is 11.7. The number of likely N-dealkylation sites (N-methyl/N-ethyl adjacent to an activating group) is 1. The van der Waals surface area contributed by atoms with Gasteiger partial charge in [0.15, 0.2) is 0 Å². The Hall–Kier alpha value is -1.75. The van der Waals surface area contributed by atoms with Crippen LogP contribution in [-0.2, 0) is 0 Å². The highest BCUT2D eigenvalue weighted by atomic mass is 16.3. The lowest BCUT2D eigenvalue weighted by Gasteiger charge is -2.25. The molecule has 0 saturated carbocycles. The van der Waals surface area contributed by atoms with Crippen LogP contribution in [0, 0.1) is 0 Å². The van der Waals surface area contributed by atoms with Crippen LogP contribution in [0.3, 0.4) is 0 Å². The van der Waals surface area contributed by atoms with Gasteiger partial charge in [0.05, 0.1) is 12.1 Å². The molecule has 0 unspecified atom stereocenters. The number of hydrogen-bond acceptors (Lipinski definition) is 3. The van der Waals surface area contributed by atoms with E-state index >= 15 is 0 Å². The first kappa shape index (κ1) is 13.3. The molecule has 1 aromatic rings. The first-order valence-corrected chi connectivity index (χ1v) is 5.38. The second kappa shape index (κ2) is 5.05. The minimum atomic E-state index is -0.910. The van der Waals surface area contributed by atoms with E-state index in [9.17, 15) is 9.90 Å². The Labute approximate surface area is 101 Å². The lowest BCUT2D eigenvalue weighted by Crippen LogP contribution is -2.41. The predicted octanol–water partition coefficient (Wildman–Crippen LogP) is 1.50. The van der Waals surface area contributed by atoms with Crippen LogP contribution in [0.1, 0.15) is 13.8 Å². The molecule has 0 atom stereocenters. The van der Waals surface area contributed by atoms with E-state index in [1.807, 2.05) is 0 Å². The molecule has 0 saturated heterocycles. The van der Waals surface area contributed by atoms with Crippen molar-refractivity contribution in [1.29, 1.82) is 0 Å². The third-order valence-corrected chi connectivity index (χ3v) is 2.13. The second-order valence-electron chi connectivity index (χ2n) is 4.72. The summed E-state index contributed by atoms with van der Waals surface area (Å²) in [6.45, 7) is 3.56. The molecule has 0 aliphatic carbocycles. The van der Waals surface area contributed by atoms with Crippen molar-refractivity contribution in [2.75, 3.05) is 24.6 Å². The zero-order chi connectivity index (χ0) is 13.1. The molecule has 0 aromatic heterocycles. The molecule has 0 bridgehead atoms. The monoisotopic (exact) mass is 237 g/mol. The summed E-state index contributed by atoms with van der Waals surface area (Å²) in [6.07, 6.45) is 0. The molecule has 0 spiro atoms. The fraction of sp³-hybridized carbons (Fsp3) is 0.417. The van der Waals surface area contributed by atoms with Gasteiger partial charge >= 0.3 is 6.03 Å². The van der Waals surface area contributed by atoms with Crippen LogP contribution < -0.4 is 11.1 Å². The van der Waals surface area contributed by atoms with Crippen molar-refractivity contribution >= 4 is 17.4 Å². The molecule has 5 nitrogen and oxygen atoms in total. The average Bonchev–Trinajstić information content (AvgIpc) is 2.19. The summed E-state index contributed by atoms with van der Waals surface area (Å²) in [5.74, 6) is 0. The molecule has 4 N–H and O–H groups in total. The van der Waals surface area contributed by atoms with Gasteiger partial charge in [0, 0.05) is 18.4 Å². The molecule has 0 fully saturated rings. The number of carbonyl (C=O) groups is 1. The van der Waals surface area contributed by atoms with E-state index in [0.717, 1.165) is 0 Å². The van der Waals surface area contributed by atoms with Crippen LogP contribution in [0.4, 0.5) is 16.2 Å². The number of nitrogen functional groups attached to an aromatic ring is 1. The number of carbonyl (C=O) groups excluding carboxylic acids is 1. The number of hydrogen-bond donors (Lipinski definition) is 3. The van der Waals surface area contributed by atoms with Crippen LogP contribution in [0.2, 0.25) is 0 Å². The van der Waals surface area contributed by atoms with Gasteiger partial charge in [-0.15, -0.1) is 0 Å². The van der Waals surface area contributed by atoms with Crippen molar-refractivity contribution < 1.29 is 9.90 Å². The number of nitrogens with one attached hydrogen (secondary N) is 1. The summed E-state index contributed by atoms with van der Waals surface area (Å²) in [5.41, 5.74) is 5.95. The van der Waals surface area contributed by atoms with Crippen LogP contribution in [0.25, 0.3) is 0 Å². The number of nitrogens with zero attached hydrogens (tertiary/aromatic N) is 1. The van der Waals surface area contributed by atoms with Crippen molar-refractivity contribution in [3.8, 4) is 0 Å². The van der Waals surface area contributed by atoms with E-state index in [2.05, 4.69) is 5.32 Å². The van der Waals surface area contributed by atoms with Crippen molar-refractivity contribution in [3.05, 3.63) is 24.3 Å². The topological polar surface area (TPSA) is 78.6 Å². The van der Waals surface area contributed by atoms with Gasteiger partial charge < -0.3 is 21.1 Å². The average molecular weight is 237 g/mol. The molecule has 94 valence electrons. The Balaban J connectivity index is 2.57. The van der Waals surface area contributed by atoms with Crippen LogP contribution in [0.5, 0.6) is 0 Å². The number of benzene rings is 1.